The maximum absolute atomic E-state index is 12.5. The maximum atomic E-state index is 12.5. The summed E-state index contributed by atoms with van der Waals surface area (Å²) in [4.78, 5) is 23.3. The van der Waals surface area contributed by atoms with E-state index in [0.717, 1.165) is 0 Å². The number of hydrogen-bond acceptors (Lipinski definition) is 5. The number of hydrogen-bond donors (Lipinski definition) is 0. The van der Waals surface area contributed by atoms with E-state index < -0.39 is 29.3 Å². The molecular weight excluding hydrogens is 369 g/mol. The maximum Gasteiger partial charge on any atom is 0.314 e. The van der Waals surface area contributed by atoms with Crippen molar-refractivity contribution in [2.75, 3.05) is 13.7 Å². The second kappa shape index (κ2) is 6.90. The van der Waals surface area contributed by atoms with Crippen LogP contribution in [0.5, 0.6) is 11.5 Å². The molecule has 3 rings (SSSR count). The molecule has 1 heterocycles. The van der Waals surface area contributed by atoms with E-state index >= 15 is 0 Å². The van der Waals surface area contributed by atoms with E-state index in [-0.39, 0.29) is 0 Å². The molecule has 1 aliphatic heterocycles. The molecule has 0 saturated heterocycles. The highest BCUT2D eigenvalue weighted by atomic mass is 35.5. The van der Waals surface area contributed by atoms with Gasteiger partial charge < -0.3 is 9.47 Å². The average Bonchev–Trinajstić information content (AvgIpc) is 2.68. The van der Waals surface area contributed by atoms with Crippen LogP contribution in [0.3, 0.4) is 0 Å². The van der Waals surface area contributed by atoms with Crippen molar-refractivity contribution in [2.45, 2.75) is 11.8 Å². The van der Waals surface area contributed by atoms with E-state index in [0.29, 0.717) is 32.7 Å². The van der Waals surface area contributed by atoms with Crippen molar-refractivity contribution in [3.8, 4) is 11.5 Å². The second-order valence-corrected chi connectivity index (χ2v) is 6.46. The third-order valence-electron chi connectivity index (χ3n) is 4.10. The third-order valence-corrected chi connectivity index (χ3v) is 4.57. The number of fused-ring (bicyclic) bond motifs is 2. The highest BCUT2D eigenvalue weighted by molar-refractivity contribution is 6.31. The zero-order valence-corrected chi connectivity index (χ0v) is 14.6. The van der Waals surface area contributed by atoms with Gasteiger partial charge in [0.05, 0.1) is 18.9 Å². The molecule has 0 amide bonds. The van der Waals surface area contributed by atoms with Gasteiger partial charge in [-0.2, -0.15) is 0 Å². The third kappa shape index (κ3) is 3.41. The lowest BCUT2D eigenvalue weighted by Crippen LogP contribution is -2.26. The highest BCUT2D eigenvalue weighted by Crippen LogP contribution is 2.48. The van der Waals surface area contributed by atoms with Crippen LogP contribution in [0.15, 0.2) is 36.4 Å². The number of nitrogens with zero attached hydrogens (tertiary/aromatic N) is 1. The van der Waals surface area contributed by atoms with Gasteiger partial charge in [-0.1, -0.05) is 23.2 Å². The van der Waals surface area contributed by atoms with Crippen LogP contribution >= 0.6 is 23.2 Å². The number of esters is 1. The minimum atomic E-state index is -0.941. The fourth-order valence-corrected chi connectivity index (χ4v) is 3.42. The molecule has 0 unspecified atom stereocenters. The molecule has 0 bridgehead atoms. The lowest BCUT2D eigenvalue weighted by Gasteiger charge is -2.21. The Labute approximate surface area is 153 Å². The molecule has 0 N–H and O–H groups in total. The SMILES string of the molecule is COC(=O)[C@H]1c2cc(Cl)ccc2Oc2ccc(Cl)cc2[C@@H]1C[N+](=O)[O-]. The Balaban J connectivity index is 2.28. The van der Waals surface area contributed by atoms with Crippen LogP contribution in [-0.4, -0.2) is 24.5 Å². The first-order valence-corrected chi connectivity index (χ1v) is 8.12. The Hall–Kier alpha value is -2.31. The van der Waals surface area contributed by atoms with Gasteiger partial charge in [-0.3, -0.25) is 14.9 Å². The molecule has 0 saturated carbocycles. The van der Waals surface area contributed by atoms with Crippen LogP contribution in [0.4, 0.5) is 0 Å². The molecule has 2 aromatic rings. The number of ether oxygens (including phenoxy) is 2. The number of carbonyl (C=O) groups is 1. The highest BCUT2D eigenvalue weighted by Gasteiger charge is 2.41. The van der Waals surface area contributed by atoms with Gasteiger partial charge in [-0.25, -0.2) is 0 Å². The van der Waals surface area contributed by atoms with Gasteiger partial charge in [0.25, 0.3) is 0 Å². The van der Waals surface area contributed by atoms with Crippen LogP contribution in [0.25, 0.3) is 0 Å². The number of carbonyl (C=O) groups excluding carboxylic acids is 1. The quantitative estimate of drug-likeness (QED) is 0.446. The Morgan fingerprint density at radius 1 is 1.16 bits per heavy atom. The van der Waals surface area contributed by atoms with Crippen LogP contribution in [0, 0.1) is 10.1 Å². The summed E-state index contributed by atoms with van der Waals surface area (Å²) in [6.07, 6.45) is 0. The summed E-state index contributed by atoms with van der Waals surface area (Å²) < 4.78 is 10.8. The first-order chi connectivity index (χ1) is 11.9. The number of rotatable bonds is 3. The second-order valence-electron chi connectivity index (χ2n) is 5.59. The molecule has 0 aliphatic carbocycles. The van der Waals surface area contributed by atoms with Gasteiger partial charge in [0.1, 0.15) is 11.5 Å². The fourth-order valence-electron chi connectivity index (χ4n) is 3.05. The lowest BCUT2D eigenvalue weighted by molar-refractivity contribution is -0.483. The van der Waals surface area contributed by atoms with Gasteiger partial charge >= 0.3 is 5.97 Å². The van der Waals surface area contributed by atoms with Crippen molar-refractivity contribution in [3.63, 3.8) is 0 Å². The molecule has 0 radical (unpaired) electrons. The van der Waals surface area contributed by atoms with E-state index in [1.807, 2.05) is 0 Å². The van der Waals surface area contributed by atoms with Gasteiger partial charge in [0.15, 0.2) is 0 Å². The molecule has 0 fully saturated rings. The minimum absolute atomic E-state index is 0.389. The zero-order chi connectivity index (χ0) is 18.1. The van der Waals surface area contributed by atoms with Crippen molar-refractivity contribution in [3.05, 3.63) is 67.7 Å². The smallest absolute Gasteiger partial charge is 0.314 e. The largest absolute Gasteiger partial charge is 0.469 e. The van der Waals surface area contributed by atoms with Gasteiger partial charge in [0, 0.05) is 26.1 Å². The number of nitro groups is 1. The normalized spacial score (nSPS) is 18.4. The van der Waals surface area contributed by atoms with Crippen LogP contribution in [-0.2, 0) is 9.53 Å². The fraction of sp³-hybridized carbons (Fsp3) is 0.235. The molecule has 0 aromatic heterocycles. The standard InChI is InChI=1S/C17H13Cl2NO5/c1-24-17(21)16-12-7-10(19)3-5-15(12)25-14-4-2-9(18)6-11(14)13(16)8-20(22)23/h2-7,13,16H,8H2,1H3/t13-,16-/m0/s1. The monoisotopic (exact) mass is 381 g/mol. The van der Waals surface area contributed by atoms with Crippen LogP contribution in [0.1, 0.15) is 23.0 Å². The summed E-state index contributed by atoms with van der Waals surface area (Å²) in [6, 6.07) is 9.65. The molecule has 2 aromatic carbocycles. The molecule has 25 heavy (non-hydrogen) atoms. The topological polar surface area (TPSA) is 78.7 Å². The van der Waals surface area contributed by atoms with E-state index in [2.05, 4.69) is 0 Å². The Kier molecular flexibility index (Phi) is 4.83. The average molecular weight is 382 g/mol. The summed E-state index contributed by atoms with van der Waals surface area (Å²) in [5, 5.41) is 12.0. The van der Waals surface area contributed by atoms with E-state index in [9.17, 15) is 14.9 Å². The predicted octanol–water partition coefficient (Wildman–Crippen LogP) is 4.42. The molecule has 2 atom stereocenters. The lowest BCUT2D eigenvalue weighted by atomic mass is 9.81. The summed E-state index contributed by atoms with van der Waals surface area (Å²) in [5.41, 5.74) is 0.922. The molecule has 6 nitrogen and oxygen atoms in total. The summed E-state index contributed by atoms with van der Waals surface area (Å²) in [5.74, 6) is -1.55. The number of benzene rings is 2. The first kappa shape index (κ1) is 17.5. The molecule has 8 heteroatoms. The Morgan fingerprint density at radius 3 is 2.28 bits per heavy atom. The van der Waals surface area contributed by atoms with Crippen molar-refractivity contribution < 1.29 is 19.2 Å². The van der Waals surface area contributed by atoms with Crippen LogP contribution < -0.4 is 4.74 Å². The molecule has 130 valence electrons. The van der Waals surface area contributed by atoms with Gasteiger partial charge in [-0.15, -0.1) is 0 Å². The predicted molar refractivity (Wildman–Crippen MR) is 92.3 cm³/mol. The zero-order valence-electron chi connectivity index (χ0n) is 13.1. The summed E-state index contributed by atoms with van der Waals surface area (Å²) >= 11 is 12.1. The number of methoxy groups -OCH3 is 1. The van der Waals surface area contributed by atoms with Gasteiger partial charge in [0.2, 0.25) is 6.54 Å². The molecular formula is C17H13Cl2NO5. The van der Waals surface area contributed by atoms with E-state index in [1.165, 1.54) is 7.11 Å². The van der Waals surface area contributed by atoms with Crippen molar-refractivity contribution in [1.29, 1.82) is 0 Å². The summed E-state index contributed by atoms with van der Waals surface area (Å²) in [7, 11) is 1.24. The van der Waals surface area contributed by atoms with E-state index in [1.54, 1.807) is 36.4 Å². The summed E-state index contributed by atoms with van der Waals surface area (Å²) in [6.45, 7) is -0.484. The van der Waals surface area contributed by atoms with Crippen molar-refractivity contribution in [2.24, 2.45) is 0 Å². The Bertz CT molecular complexity index is 855. The van der Waals surface area contributed by atoms with Crippen LogP contribution in [0.2, 0.25) is 10.0 Å². The Morgan fingerprint density at radius 2 is 1.72 bits per heavy atom. The van der Waals surface area contributed by atoms with E-state index in [4.69, 9.17) is 32.7 Å². The number of halogens is 2. The molecule has 0 spiro atoms. The molecule has 1 aliphatic rings. The van der Waals surface area contributed by atoms with Gasteiger partial charge in [-0.05, 0) is 36.4 Å². The first-order valence-electron chi connectivity index (χ1n) is 7.37. The van der Waals surface area contributed by atoms with Crippen molar-refractivity contribution >= 4 is 29.2 Å². The van der Waals surface area contributed by atoms with Crippen molar-refractivity contribution in [1.82, 2.24) is 0 Å². The minimum Gasteiger partial charge on any atom is -0.469 e.